The van der Waals surface area contributed by atoms with Crippen molar-refractivity contribution in [3.63, 3.8) is 0 Å². The molecule has 1 unspecified atom stereocenters. The minimum absolute atomic E-state index is 0.0623. The van der Waals surface area contributed by atoms with Crippen molar-refractivity contribution in [2.75, 3.05) is 11.1 Å². The van der Waals surface area contributed by atoms with Gasteiger partial charge in [0, 0.05) is 16.1 Å². The Morgan fingerprint density at radius 3 is 2.55 bits per heavy atom. The number of carbonyl (C=O) groups is 2. The molecule has 2 aromatic carbocycles. The van der Waals surface area contributed by atoms with Gasteiger partial charge in [-0.15, -0.1) is 11.3 Å². The van der Waals surface area contributed by atoms with Crippen LogP contribution in [0.4, 0.5) is 5.69 Å². The number of nitrogens with zero attached hydrogens (tertiary/aromatic N) is 1. The van der Waals surface area contributed by atoms with Crippen LogP contribution in [-0.4, -0.2) is 22.6 Å². The monoisotopic (exact) mass is 445 g/mol. The lowest BCUT2D eigenvalue weighted by molar-refractivity contribution is -0.121. The Morgan fingerprint density at radius 1 is 1.10 bits per heavy atom. The van der Waals surface area contributed by atoms with E-state index >= 15 is 0 Å². The lowest BCUT2D eigenvalue weighted by atomic mass is 10.1. The number of aromatic nitrogens is 1. The van der Waals surface area contributed by atoms with E-state index in [0.717, 1.165) is 9.90 Å². The highest BCUT2D eigenvalue weighted by atomic mass is 35.5. The summed E-state index contributed by atoms with van der Waals surface area (Å²) in [5.74, 6) is 0.0412. The summed E-state index contributed by atoms with van der Waals surface area (Å²) in [5, 5.41) is 8.26. The highest BCUT2D eigenvalue weighted by molar-refractivity contribution is 8.01. The predicted octanol–water partition coefficient (Wildman–Crippen LogP) is 4.95. The average molecular weight is 446 g/mol. The van der Waals surface area contributed by atoms with E-state index in [1.165, 1.54) is 23.1 Å². The molecule has 0 saturated heterocycles. The number of hydrogen-bond acceptors (Lipinski definition) is 5. The average Bonchev–Trinajstić information content (AvgIpc) is 3.16. The van der Waals surface area contributed by atoms with E-state index in [2.05, 4.69) is 15.6 Å². The minimum atomic E-state index is -0.122. The predicted molar refractivity (Wildman–Crippen MR) is 120 cm³/mol. The summed E-state index contributed by atoms with van der Waals surface area (Å²) < 4.78 is 0.759. The summed E-state index contributed by atoms with van der Waals surface area (Å²) in [5.41, 5.74) is 2.46. The van der Waals surface area contributed by atoms with Crippen LogP contribution >= 0.6 is 34.7 Å². The van der Waals surface area contributed by atoms with Crippen molar-refractivity contribution in [3.8, 4) is 0 Å². The zero-order valence-electron chi connectivity index (χ0n) is 15.7. The van der Waals surface area contributed by atoms with E-state index in [4.69, 9.17) is 11.6 Å². The molecule has 3 rings (SSSR count). The van der Waals surface area contributed by atoms with Crippen molar-refractivity contribution in [2.24, 2.45) is 0 Å². The normalized spacial score (nSPS) is 11.7. The molecule has 1 heterocycles. The van der Waals surface area contributed by atoms with Gasteiger partial charge < -0.3 is 10.6 Å². The first kappa shape index (κ1) is 21.4. The molecule has 0 aliphatic carbocycles. The van der Waals surface area contributed by atoms with Crippen LogP contribution in [-0.2, 0) is 16.0 Å². The standard InChI is InChI=1S/C21H20ClN3O2S2/c1-14(15-5-3-2-4-6-15)23-19(26)11-18-12-28-21(25-18)29-13-20(27)24-17-9-7-16(22)8-10-17/h2-10,12,14H,11,13H2,1H3,(H,23,26)(H,24,27). The fraction of sp³-hybridized carbons (Fsp3) is 0.190. The third-order valence-corrected chi connectivity index (χ3v) is 6.33. The summed E-state index contributed by atoms with van der Waals surface area (Å²) in [7, 11) is 0. The molecule has 2 amide bonds. The Kier molecular flexibility index (Phi) is 7.69. The van der Waals surface area contributed by atoms with Crippen molar-refractivity contribution >= 4 is 52.2 Å². The minimum Gasteiger partial charge on any atom is -0.349 e. The maximum atomic E-state index is 12.3. The Hall–Kier alpha value is -2.35. The van der Waals surface area contributed by atoms with Gasteiger partial charge >= 0.3 is 0 Å². The van der Waals surface area contributed by atoms with Gasteiger partial charge in [-0.1, -0.05) is 53.7 Å². The maximum Gasteiger partial charge on any atom is 0.234 e. The smallest absolute Gasteiger partial charge is 0.234 e. The summed E-state index contributed by atoms with van der Waals surface area (Å²) in [4.78, 5) is 28.8. The van der Waals surface area contributed by atoms with E-state index in [-0.39, 0.29) is 30.0 Å². The van der Waals surface area contributed by atoms with Crippen LogP contribution in [0.2, 0.25) is 5.02 Å². The Balaban J connectivity index is 1.44. The highest BCUT2D eigenvalue weighted by Gasteiger charge is 2.13. The summed E-state index contributed by atoms with van der Waals surface area (Å²) in [6.07, 6.45) is 0.213. The van der Waals surface area contributed by atoms with Crippen LogP contribution in [0.1, 0.15) is 24.2 Å². The lowest BCUT2D eigenvalue weighted by Crippen LogP contribution is -2.28. The molecule has 1 aromatic heterocycles. The molecule has 2 N–H and O–H groups in total. The third-order valence-electron chi connectivity index (χ3n) is 4.00. The topological polar surface area (TPSA) is 71.1 Å². The van der Waals surface area contributed by atoms with E-state index in [9.17, 15) is 9.59 Å². The fourth-order valence-electron chi connectivity index (χ4n) is 2.58. The number of carbonyl (C=O) groups excluding carboxylic acids is 2. The highest BCUT2D eigenvalue weighted by Crippen LogP contribution is 2.23. The van der Waals surface area contributed by atoms with E-state index in [1.807, 2.05) is 42.6 Å². The van der Waals surface area contributed by atoms with E-state index in [1.54, 1.807) is 24.3 Å². The second kappa shape index (κ2) is 10.4. The fourth-order valence-corrected chi connectivity index (χ4v) is 4.35. The van der Waals surface area contributed by atoms with Gasteiger partial charge in [0.25, 0.3) is 0 Å². The molecule has 0 aliphatic rings. The molecule has 29 heavy (non-hydrogen) atoms. The van der Waals surface area contributed by atoms with Crippen molar-refractivity contribution in [1.82, 2.24) is 10.3 Å². The number of hydrogen-bond donors (Lipinski definition) is 2. The van der Waals surface area contributed by atoms with Crippen molar-refractivity contribution in [1.29, 1.82) is 0 Å². The Bertz CT molecular complexity index is 962. The van der Waals surface area contributed by atoms with Crippen LogP contribution in [0.5, 0.6) is 0 Å². The molecular weight excluding hydrogens is 426 g/mol. The molecule has 8 heteroatoms. The second-order valence-electron chi connectivity index (χ2n) is 6.33. The van der Waals surface area contributed by atoms with E-state index < -0.39 is 0 Å². The molecule has 0 spiro atoms. The third kappa shape index (κ3) is 6.88. The number of halogens is 1. The van der Waals surface area contributed by atoms with Gasteiger partial charge in [0.05, 0.1) is 23.9 Å². The number of nitrogens with one attached hydrogen (secondary N) is 2. The van der Waals surface area contributed by atoms with Crippen LogP contribution < -0.4 is 10.6 Å². The van der Waals surface area contributed by atoms with Gasteiger partial charge in [0.2, 0.25) is 11.8 Å². The largest absolute Gasteiger partial charge is 0.349 e. The van der Waals surface area contributed by atoms with Crippen molar-refractivity contribution in [3.05, 3.63) is 76.3 Å². The first-order valence-electron chi connectivity index (χ1n) is 8.96. The summed E-state index contributed by atoms with van der Waals surface area (Å²) >= 11 is 8.61. The Labute approximate surface area is 182 Å². The number of benzene rings is 2. The van der Waals surface area contributed by atoms with Crippen LogP contribution in [0.3, 0.4) is 0 Å². The van der Waals surface area contributed by atoms with Gasteiger partial charge in [-0.2, -0.15) is 0 Å². The summed E-state index contributed by atoms with van der Waals surface area (Å²) in [6, 6.07) is 16.7. The number of rotatable bonds is 8. The molecule has 150 valence electrons. The molecule has 5 nitrogen and oxygen atoms in total. The van der Waals surface area contributed by atoms with Crippen molar-refractivity contribution < 1.29 is 9.59 Å². The quantitative estimate of drug-likeness (QED) is 0.481. The summed E-state index contributed by atoms with van der Waals surface area (Å²) in [6.45, 7) is 1.95. The first-order valence-corrected chi connectivity index (χ1v) is 11.2. The van der Waals surface area contributed by atoms with Crippen LogP contribution in [0.25, 0.3) is 0 Å². The molecule has 1 atom stereocenters. The van der Waals surface area contributed by atoms with Gasteiger partial charge in [-0.3, -0.25) is 9.59 Å². The van der Waals surface area contributed by atoms with Gasteiger partial charge in [0.15, 0.2) is 4.34 Å². The number of anilines is 1. The second-order valence-corrected chi connectivity index (χ2v) is 8.84. The molecular formula is C21H20ClN3O2S2. The number of thiazole rings is 1. The number of thioether (sulfide) groups is 1. The van der Waals surface area contributed by atoms with Gasteiger partial charge in [-0.05, 0) is 36.8 Å². The molecule has 0 fully saturated rings. The molecule has 0 aliphatic heterocycles. The molecule has 0 radical (unpaired) electrons. The van der Waals surface area contributed by atoms with Crippen LogP contribution in [0, 0.1) is 0 Å². The molecule has 0 saturated carbocycles. The van der Waals surface area contributed by atoms with Gasteiger partial charge in [0.1, 0.15) is 0 Å². The zero-order chi connectivity index (χ0) is 20.6. The Morgan fingerprint density at radius 2 is 1.83 bits per heavy atom. The molecule has 0 bridgehead atoms. The van der Waals surface area contributed by atoms with E-state index in [0.29, 0.717) is 16.4 Å². The molecule has 3 aromatic rings. The SMILES string of the molecule is CC(NC(=O)Cc1csc(SCC(=O)Nc2ccc(Cl)cc2)n1)c1ccccc1. The van der Waals surface area contributed by atoms with Crippen LogP contribution in [0.15, 0.2) is 64.3 Å². The van der Waals surface area contributed by atoms with Crippen molar-refractivity contribution in [2.45, 2.75) is 23.7 Å². The first-order chi connectivity index (χ1) is 14.0. The maximum absolute atomic E-state index is 12.3. The number of amides is 2. The zero-order valence-corrected chi connectivity index (χ0v) is 18.1. The van der Waals surface area contributed by atoms with Gasteiger partial charge in [-0.25, -0.2) is 4.98 Å². The lowest BCUT2D eigenvalue weighted by Gasteiger charge is -2.13.